The number of halogens is 2. The van der Waals surface area contributed by atoms with Crippen LogP contribution in [0.15, 0.2) is 17.0 Å². The lowest BCUT2D eigenvalue weighted by Gasteiger charge is -2.17. The van der Waals surface area contributed by atoms with Gasteiger partial charge in [-0.15, -0.1) is 0 Å². The van der Waals surface area contributed by atoms with Crippen LogP contribution in [0, 0.1) is 12.7 Å². The van der Waals surface area contributed by atoms with Gasteiger partial charge < -0.3 is 5.73 Å². The Labute approximate surface area is 111 Å². The van der Waals surface area contributed by atoms with Crippen molar-refractivity contribution >= 4 is 21.6 Å². The molecular formula is C11H14ClFN2O2S. The largest absolute Gasteiger partial charge is 0.326 e. The summed E-state index contributed by atoms with van der Waals surface area (Å²) in [4.78, 5) is -0.0582. The lowest BCUT2D eigenvalue weighted by Crippen LogP contribution is -2.32. The fourth-order valence-electron chi connectivity index (χ4n) is 1.94. The first-order chi connectivity index (χ1) is 8.32. The Morgan fingerprint density at radius 1 is 1.50 bits per heavy atom. The average molecular weight is 293 g/mol. The second-order valence-corrected chi connectivity index (χ2v) is 6.76. The molecule has 1 atom stereocenters. The van der Waals surface area contributed by atoms with Crippen molar-refractivity contribution in [2.45, 2.75) is 24.3 Å². The predicted molar refractivity (Wildman–Crippen MR) is 67.5 cm³/mol. The maximum Gasteiger partial charge on any atom is 0.244 e. The van der Waals surface area contributed by atoms with Crippen molar-refractivity contribution in [2.24, 2.45) is 5.73 Å². The van der Waals surface area contributed by atoms with Crippen LogP contribution in [-0.2, 0) is 10.0 Å². The summed E-state index contributed by atoms with van der Waals surface area (Å²) < 4.78 is 39.2. The lowest BCUT2D eigenvalue weighted by molar-refractivity contribution is 0.472. The zero-order valence-electron chi connectivity index (χ0n) is 9.86. The molecule has 1 aliphatic rings. The van der Waals surface area contributed by atoms with Gasteiger partial charge in [-0.05, 0) is 31.0 Å². The van der Waals surface area contributed by atoms with Crippen LogP contribution in [0.4, 0.5) is 4.39 Å². The minimum Gasteiger partial charge on any atom is -0.326 e. The molecule has 1 saturated heterocycles. The van der Waals surface area contributed by atoms with Gasteiger partial charge in [-0.25, -0.2) is 12.8 Å². The summed E-state index contributed by atoms with van der Waals surface area (Å²) in [6.45, 7) is 2.14. The van der Waals surface area contributed by atoms with E-state index in [0.717, 1.165) is 6.07 Å². The molecule has 1 aromatic rings. The van der Waals surface area contributed by atoms with Gasteiger partial charge in [-0.3, -0.25) is 0 Å². The second kappa shape index (κ2) is 4.77. The highest BCUT2D eigenvalue weighted by atomic mass is 35.5. The number of sulfonamides is 1. The van der Waals surface area contributed by atoms with Crippen molar-refractivity contribution in [2.75, 3.05) is 13.1 Å². The standard InChI is InChI=1S/C11H14ClFN2O2S/c1-7-4-11(9(12)5-10(7)13)18(16,17)15-3-2-8(14)6-15/h4-5,8H,2-3,6,14H2,1H3/t8-/m1/s1. The number of rotatable bonds is 2. The third-order valence-corrected chi connectivity index (χ3v) is 5.35. The van der Waals surface area contributed by atoms with Gasteiger partial charge in [-0.2, -0.15) is 4.31 Å². The fourth-order valence-corrected chi connectivity index (χ4v) is 4.03. The van der Waals surface area contributed by atoms with Crippen LogP contribution in [0.1, 0.15) is 12.0 Å². The number of nitrogens with two attached hydrogens (primary N) is 1. The summed E-state index contributed by atoms with van der Waals surface area (Å²) >= 11 is 5.82. The molecule has 4 nitrogen and oxygen atoms in total. The predicted octanol–water partition coefficient (Wildman–Crippen LogP) is 1.51. The monoisotopic (exact) mass is 292 g/mol. The highest BCUT2D eigenvalue weighted by Gasteiger charge is 2.32. The molecule has 0 aliphatic carbocycles. The molecule has 1 aromatic carbocycles. The van der Waals surface area contributed by atoms with E-state index in [1.807, 2.05) is 0 Å². The van der Waals surface area contributed by atoms with Gasteiger partial charge in [0, 0.05) is 19.1 Å². The maximum absolute atomic E-state index is 13.3. The maximum atomic E-state index is 13.3. The highest BCUT2D eigenvalue weighted by molar-refractivity contribution is 7.89. The molecule has 0 amide bonds. The molecule has 0 radical (unpaired) electrons. The minimum absolute atomic E-state index is 0.0582. The number of hydrogen-bond acceptors (Lipinski definition) is 3. The van der Waals surface area contributed by atoms with E-state index in [-0.39, 0.29) is 28.1 Å². The van der Waals surface area contributed by atoms with E-state index in [0.29, 0.717) is 13.0 Å². The van der Waals surface area contributed by atoms with Crippen molar-refractivity contribution in [3.8, 4) is 0 Å². The molecular weight excluding hydrogens is 279 g/mol. The summed E-state index contributed by atoms with van der Waals surface area (Å²) in [5, 5.41) is -0.0985. The van der Waals surface area contributed by atoms with Crippen LogP contribution in [-0.4, -0.2) is 31.9 Å². The molecule has 2 rings (SSSR count). The molecule has 0 bridgehead atoms. The first-order valence-corrected chi connectivity index (χ1v) is 7.35. The highest BCUT2D eigenvalue weighted by Crippen LogP contribution is 2.29. The molecule has 0 aromatic heterocycles. The van der Waals surface area contributed by atoms with E-state index in [2.05, 4.69) is 0 Å². The van der Waals surface area contributed by atoms with Crippen molar-refractivity contribution in [3.63, 3.8) is 0 Å². The minimum atomic E-state index is -3.69. The normalized spacial score (nSPS) is 21.4. The third-order valence-electron chi connectivity index (χ3n) is 3.02. The lowest BCUT2D eigenvalue weighted by atomic mass is 10.2. The zero-order chi connectivity index (χ0) is 13.5. The molecule has 100 valence electrons. The summed E-state index contributed by atoms with van der Waals surface area (Å²) in [6.07, 6.45) is 0.622. The summed E-state index contributed by atoms with van der Waals surface area (Å²) in [7, 11) is -3.69. The summed E-state index contributed by atoms with van der Waals surface area (Å²) in [5.41, 5.74) is 5.94. The van der Waals surface area contributed by atoms with Crippen molar-refractivity contribution in [1.29, 1.82) is 0 Å². The number of hydrogen-bond donors (Lipinski definition) is 1. The Morgan fingerprint density at radius 3 is 2.72 bits per heavy atom. The Hall–Kier alpha value is -0.690. The van der Waals surface area contributed by atoms with Gasteiger partial charge in [-0.1, -0.05) is 11.6 Å². The van der Waals surface area contributed by atoms with Gasteiger partial charge >= 0.3 is 0 Å². The molecule has 0 saturated carbocycles. The smallest absolute Gasteiger partial charge is 0.244 e. The first kappa shape index (κ1) is 13.7. The molecule has 7 heteroatoms. The average Bonchev–Trinajstić information content (AvgIpc) is 2.70. The second-order valence-electron chi connectivity index (χ2n) is 4.44. The van der Waals surface area contributed by atoms with Gasteiger partial charge in [0.1, 0.15) is 10.7 Å². The Morgan fingerprint density at radius 2 is 2.17 bits per heavy atom. The van der Waals surface area contributed by atoms with Gasteiger partial charge in [0.2, 0.25) is 10.0 Å². The molecule has 1 heterocycles. The van der Waals surface area contributed by atoms with Gasteiger partial charge in [0.05, 0.1) is 5.02 Å². The summed E-state index contributed by atoms with van der Waals surface area (Å²) in [6, 6.07) is 2.14. The van der Waals surface area contributed by atoms with Crippen LogP contribution in [0.5, 0.6) is 0 Å². The van der Waals surface area contributed by atoms with E-state index < -0.39 is 15.8 Å². The van der Waals surface area contributed by atoms with Crippen molar-refractivity contribution in [1.82, 2.24) is 4.31 Å². The van der Waals surface area contributed by atoms with E-state index in [9.17, 15) is 12.8 Å². The van der Waals surface area contributed by atoms with Crippen LogP contribution < -0.4 is 5.73 Å². The van der Waals surface area contributed by atoms with E-state index in [1.54, 1.807) is 0 Å². The molecule has 0 spiro atoms. The van der Waals surface area contributed by atoms with E-state index in [4.69, 9.17) is 17.3 Å². The number of nitrogens with zero attached hydrogens (tertiary/aromatic N) is 1. The number of aryl methyl sites for hydroxylation is 1. The topological polar surface area (TPSA) is 63.4 Å². The Kier molecular flexibility index (Phi) is 3.64. The van der Waals surface area contributed by atoms with Crippen molar-refractivity contribution in [3.05, 3.63) is 28.5 Å². The summed E-state index contributed by atoms with van der Waals surface area (Å²) in [5.74, 6) is -0.517. The van der Waals surface area contributed by atoms with Crippen LogP contribution in [0.3, 0.4) is 0 Å². The molecule has 1 aliphatic heterocycles. The first-order valence-electron chi connectivity index (χ1n) is 5.53. The fraction of sp³-hybridized carbons (Fsp3) is 0.455. The van der Waals surface area contributed by atoms with E-state index in [1.165, 1.54) is 17.3 Å². The van der Waals surface area contributed by atoms with Gasteiger partial charge in [0.15, 0.2) is 0 Å². The third kappa shape index (κ3) is 2.38. The Balaban J connectivity index is 2.45. The van der Waals surface area contributed by atoms with Gasteiger partial charge in [0.25, 0.3) is 0 Å². The molecule has 18 heavy (non-hydrogen) atoms. The van der Waals surface area contributed by atoms with Crippen molar-refractivity contribution < 1.29 is 12.8 Å². The van der Waals surface area contributed by atoms with Crippen LogP contribution in [0.2, 0.25) is 5.02 Å². The Bertz CT molecular complexity index is 577. The number of benzene rings is 1. The SMILES string of the molecule is Cc1cc(S(=O)(=O)N2CC[C@@H](N)C2)c(Cl)cc1F. The van der Waals surface area contributed by atoms with Crippen LogP contribution in [0.25, 0.3) is 0 Å². The quantitative estimate of drug-likeness (QED) is 0.899. The molecule has 2 N–H and O–H groups in total. The molecule has 0 unspecified atom stereocenters. The van der Waals surface area contributed by atoms with Crippen LogP contribution >= 0.6 is 11.6 Å². The zero-order valence-corrected chi connectivity index (χ0v) is 11.4. The molecule has 1 fully saturated rings. The van der Waals surface area contributed by atoms with E-state index >= 15 is 0 Å².